The molecule has 1 aromatic heterocycles. The van der Waals surface area contributed by atoms with Gasteiger partial charge in [0.1, 0.15) is 6.04 Å². The second kappa shape index (κ2) is 7.81. The Bertz CT molecular complexity index is 564. The average Bonchev–Trinajstić information content (AvgIpc) is 2.86. The maximum absolute atomic E-state index is 12.3. The van der Waals surface area contributed by atoms with E-state index in [9.17, 15) is 9.59 Å². The number of carbonyl (C=O) groups is 2. The minimum absolute atomic E-state index is 0.00932. The maximum Gasteiger partial charge on any atom is 0.315 e. The molecular formula is C17H27N3O2S. The van der Waals surface area contributed by atoms with Crippen LogP contribution in [0.3, 0.4) is 0 Å². The monoisotopic (exact) mass is 337 g/mol. The Morgan fingerprint density at radius 1 is 1.13 bits per heavy atom. The Kier molecular flexibility index (Phi) is 6.04. The first-order valence-electron chi connectivity index (χ1n) is 8.31. The van der Waals surface area contributed by atoms with Crippen molar-refractivity contribution in [2.75, 3.05) is 13.1 Å². The summed E-state index contributed by atoms with van der Waals surface area (Å²) in [5, 5.41) is 5.69. The summed E-state index contributed by atoms with van der Waals surface area (Å²) in [6.07, 6.45) is 3.29. The van der Waals surface area contributed by atoms with Crippen LogP contribution in [0, 0.1) is 13.8 Å². The average molecular weight is 337 g/mol. The summed E-state index contributed by atoms with van der Waals surface area (Å²) in [7, 11) is 0. The fourth-order valence-electron chi connectivity index (χ4n) is 3.04. The fraction of sp³-hybridized carbons (Fsp3) is 0.647. The number of carbonyl (C=O) groups excluding carboxylic acids is 2. The molecule has 0 spiro atoms. The van der Waals surface area contributed by atoms with E-state index in [0.717, 1.165) is 31.5 Å². The Morgan fingerprint density at radius 3 is 2.35 bits per heavy atom. The number of aryl methyl sites for hydroxylation is 2. The van der Waals surface area contributed by atoms with E-state index in [1.54, 1.807) is 18.3 Å². The second-order valence-corrected chi connectivity index (χ2v) is 7.78. The largest absolute Gasteiger partial charge is 0.341 e. The highest BCUT2D eigenvalue weighted by atomic mass is 32.1. The molecule has 1 aliphatic heterocycles. The van der Waals surface area contributed by atoms with Gasteiger partial charge in [-0.1, -0.05) is 0 Å². The van der Waals surface area contributed by atoms with Gasteiger partial charge in [0.25, 0.3) is 0 Å². The smallest absolute Gasteiger partial charge is 0.315 e. The highest BCUT2D eigenvalue weighted by molar-refractivity contribution is 7.12. The first-order chi connectivity index (χ1) is 10.9. The molecule has 2 N–H and O–H groups in total. The van der Waals surface area contributed by atoms with Crippen LogP contribution in [-0.2, 0) is 4.79 Å². The van der Waals surface area contributed by atoms with Crippen LogP contribution in [-0.4, -0.2) is 36.0 Å². The molecule has 6 heteroatoms. The lowest BCUT2D eigenvalue weighted by Gasteiger charge is -2.29. The third kappa shape index (κ3) is 4.70. The number of hydrogen-bond donors (Lipinski definition) is 2. The van der Waals surface area contributed by atoms with E-state index in [4.69, 9.17) is 0 Å². The molecule has 1 fully saturated rings. The zero-order chi connectivity index (χ0) is 17.0. The van der Waals surface area contributed by atoms with Gasteiger partial charge in [0.15, 0.2) is 0 Å². The van der Waals surface area contributed by atoms with E-state index in [0.29, 0.717) is 0 Å². The van der Waals surface area contributed by atoms with Gasteiger partial charge in [-0.2, -0.15) is 0 Å². The molecule has 5 nitrogen and oxygen atoms in total. The van der Waals surface area contributed by atoms with E-state index >= 15 is 0 Å². The molecule has 1 saturated heterocycles. The summed E-state index contributed by atoms with van der Waals surface area (Å²) < 4.78 is 0. The highest BCUT2D eigenvalue weighted by Gasteiger charge is 2.24. The summed E-state index contributed by atoms with van der Waals surface area (Å²) in [6.45, 7) is 9.44. The molecule has 3 amide bonds. The van der Waals surface area contributed by atoms with Crippen molar-refractivity contribution >= 4 is 23.3 Å². The van der Waals surface area contributed by atoms with Gasteiger partial charge >= 0.3 is 6.03 Å². The molecule has 128 valence electrons. The molecule has 2 rings (SSSR count). The predicted octanol–water partition coefficient (Wildman–Crippen LogP) is 3.13. The molecular weight excluding hydrogens is 310 g/mol. The van der Waals surface area contributed by atoms with Crippen molar-refractivity contribution in [2.45, 2.75) is 59.0 Å². The van der Waals surface area contributed by atoms with Gasteiger partial charge in [0, 0.05) is 22.8 Å². The Hall–Kier alpha value is -1.56. The number of thiophene rings is 1. The molecule has 1 aliphatic rings. The Balaban J connectivity index is 1.85. The van der Waals surface area contributed by atoms with Crippen LogP contribution in [0.4, 0.5) is 4.79 Å². The van der Waals surface area contributed by atoms with Gasteiger partial charge in [-0.15, -0.1) is 11.3 Å². The highest BCUT2D eigenvalue weighted by Crippen LogP contribution is 2.25. The van der Waals surface area contributed by atoms with Gasteiger partial charge in [-0.3, -0.25) is 4.79 Å². The van der Waals surface area contributed by atoms with Crippen LogP contribution in [0.5, 0.6) is 0 Å². The minimum atomic E-state index is -0.495. The lowest BCUT2D eigenvalue weighted by Crippen LogP contribution is -2.51. The molecule has 2 heterocycles. The number of hydrogen-bond acceptors (Lipinski definition) is 3. The molecule has 0 saturated carbocycles. The van der Waals surface area contributed by atoms with E-state index in [1.165, 1.54) is 16.2 Å². The Labute approximate surface area is 142 Å². The molecule has 0 aromatic carbocycles. The van der Waals surface area contributed by atoms with Crippen LogP contribution in [0.2, 0.25) is 0 Å². The number of urea groups is 1. The quantitative estimate of drug-likeness (QED) is 0.887. The first kappa shape index (κ1) is 17.8. The van der Waals surface area contributed by atoms with Crippen LogP contribution in [0.15, 0.2) is 6.07 Å². The van der Waals surface area contributed by atoms with Crippen molar-refractivity contribution in [3.8, 4) is 0 Å². The molecule has 2 atom stereocenters. The van der Waals surface area contributed by atoms with Crippen molar-refractivity contribution < 1.29 is 9.59 Å². The van der Waals surface area contributed by atoms with Crippen molar-refractivity contribution in [2.24, 2.45) is 0 Å². The van der Waals surface area contributed by atoms with E-state index in [2.05, 4.69) is 30.5 Å². The number of nitrogens with zero attached hydrogens (tertiary/aromatic N) is 1. The van der Waals surface area contributed by atoms with E-state index in [1.807, 2.05) is 11.8 Å². The van der Waals surface area contributed by atoms with Crippen LogP contribution >= 0.6 is 11.3 Å². The summed E-state index contributed by atoms with van der Waals surface area (Å²) in [5.74, 6) is 0.00932. The summed E-state index contributed by atoms with van der Waals surface area (Å²) >= 11 is 1.73. The van der Waals surface area contributed by atoms with Crippen LogP contribution < -0.4 is 10.6 Å². The number of likely N-dealkylation sites (tertiary alicyclic amines) is 1. The fourth-order valence-corrected chi connectivity index (χ4v) is 4.07. The van der Waals surface area contributed by atoms with Crippen molar-refractivity contribution in [1.29, 1.82) is 0 Å². The Morgan fingerprint density at radius 2 is 1.78 bits per heavy atom. The van der Waals surface area contributed by atoms with E-state index in [-0.39, 0.29) is 18.0 Å². The standard InChI is InChI=1S/C17H27N3O2S/c1-11-10-15(14(4)23-11)12(2)18-17(22)19-13(3)16(21)20-8-6-5-7-9-20/h10,12-13H,5-9H2,1-4H3,(H2,18,19,22)/t12-,13+/m1/s1. The summed E-state index contributed by atoms with van der Waals surface area (Å²) in [6, 6.07) is 1.24. The molecule has 0 bridgehead atoms. The van der Waals surface area contributed by atoms with Crippen molar-refractivity contribution in [3.05, 3.63) is 21.4 Å². The van der Waals surface area contributed by atoms with Crippen molar-refractivity contribution in [1.82, 2.24) is 15.5 Å². The molecule has 1 aromatic rings. The lowest BCUT2D eigenvalue weighted by atomic mass is 10.1. The van der Waals surface area contributed by atoms with Gasteiger partial charge < -0.3 is 15.5 Å². The van der Waals surface area contributed by atoms with Gasteiger partial charge in [0.05, 0.1) is 6.04 Å². The molecule has 0 unspecified atom stereocenters. The van der Waals surface area contributed by atoms with Crippen LogP contribution in [0.1, 0.15) is 54.5 Å². The zero-order valence-corrected chi connectivity index (χ0v) is 15.3. The van der Waals surface area contributed by atoms with Gasteiger partial charge in [-0.05, 0) is 58.6 Å². The topological polar surface area (TPSA) is 61.4 Å². The lowest BCUT2D eigenvalue weighted by molar-refractivity contribution is -0.133. The predicted molar refractivity (Wildman–Crippen MR) is 93.8 cm³/mol. The third-order valence-electron chi connectivity index (χ3n) is 4.28. The van der Waals surface area contributed by atoms with Crippen LogP contribution in [0.25, 0.3) is 0 Å². The minimum Gasteiger partial charge on any atom is -0.341 e. The number of piperidine rings is 1. The first-order valence-corrected chi connectivity index (χ1v) is 9.13. The second-order valence-electron chi connectivity index (χ2n) is 6.32. The third-order valence-corrected chi connectivity index (χ3v) is 5.26. The van der Waals surface area contributed by atoms with Crippen molar-refractivity contribution in [3.63, 3.8) is 0 Å². The summed E-state index contributed by atoms with van der Waals surface area (Å²) in [5.41, 5.74) is 1.14. The normalized spacial score (nSPS) is 17.5. The molecule has 0 radical (unpaired) electrons. The number of nitrogens with one attached hydrogen (secondary N) is 2. The molecule has 0 aliphatic carbocycles. The molecule has 23 heavy (non-hydrogen) atoms. The number of rotatable bonds is 4. The van der Waals surface area contributed by atoms with E-state index < -0.39 is 6.04 Å². The van der Waals surface area contributed by atoms with Gasteiger partial charge in [0.2, 0.25) is 5.91 Å². The maximum atomic E-state index is 12.3. The number of amides is 3. The zero-order valence-electron chi connectivity index (χ0n) is 14.4. The van der Waals surface area contributed by atoms with Gasteiger partial charge in [-0.25, -0.2) is 4.79 Å². The SMILES string of the molecule is Cc1cc([C@@H](C)NC(=O)N[C@@H](C)C(=O)N2CCCCC2)c(C)s1. The summed E-state index contributed by atoms with van der Waals surface area (Å²) in [4.78, 5) is 28.8.